The zero-order chi connectivity index (χ0) is 21.1. The fraction of sp³-hybridized carbons (Fsp3) is 0.318. The number of nitrogens with zero attached hydrogens (tertiary/aromatic N) is 2. The Morgan fingerprint density at radius 1 is 1.07 bits per heavy atom. The first kappa shape index (κ1) is 20.2. The number of piperidine rings is 1. The van der Waals surface area contributed by atoms with Crippen LogP contribution in [0.3, 0.4) is 0 Å². The Labute approximate surface area is 178 Å². The van der Waals surface area contributed by atoms with Crippen molar-refractivity contribution in [1.82, 2.24) is 9.47 Å². The van der Waals surface area contributed by atoms with E-state index < -0.39 is 5.76 Å². The predicted molar refractivity (Wildman–Crippen MR) is 115 cm³/mol. The first-order chi connectivity index (χ1) is 14.5. The molecule has 1 aliphatic heterocycles. The minimum absolute atomic E-state index is 0.0589. The summed E-state index contributed by atoms with van der Waals surface area (Å²) in [5.41, 5.74) is 1.92. The molecule has 1 aromatic heterocycles. The van der Waals surface area contributed by atoms with Gasteiger partial charge in [0, 0.05) is 37.1 Å². The minimum atomic E-state index is -0.541. The van der Waals surface area contributed by atoms with Gasteiger partial charge < -0.3 is 14.6 Å². The number of aromatic nitrogens is 1. The molecule has 0 atom stereocenters. The predicted octanol–water partition coefficient (Wildman–Crippen LogP) is 3.90. The third-order valence-corrected chi connectivity index (χ3v) is 5.50. The molecule has 1 aliphatic rings. The van der Waals surface area contributed by atoms with Crippen molar-refractivity contribution in [3.05, 3.63) is 63.6 Å². The second-order valence-electron chi connectivity index (χ2n) is 7.33. The van der Waals surface area contributed by atoms with Crippen molar-refractivity contribution in [3.8, 4) is 0 Å². The molecule has 2 amide bonds. The summed E-state index contributed by atoms with van der Waals surface area (Å²) >= 11 is 5.93. The molecular weight excluding hydrogens is 406 g/mol. The van der Waals surface area contributed by atoms with E-state index in [1.165, 1.54) is 4.57 Å². The topological polar surface area (TPSA) is 84.5 Å². The number of benzene rings is 2. The maximum atomic E-state index is 12.9. The number of para-hydroxylation sites is 1. The molecule has 1 fully saturated rings. The number of hydrogen-bond acceptors (Lipinski definition) is 4. The highest BCUT2D eigenvalue weighted by molar-refractivity contribution is 6.31. The number of carbonyl (C=O) groups excluding carboxylic acids is 2. The van der Waals surface area contributed by atoms with Crippen LogP contribution in [0.25, 0.3) is 11.1 Å². The lowest BCUT2D eigenvalue weighted by Gasteiger charge is -2.27. The fourth-order valence-electron chi connectivity index (χ4n) is 3.72. The third kappa shape index (κ3) is 4.26. The van der Waals surface area contributed by atoms with Gasteiger partial charge in [-0.2, -0.15) is 0 Å². The Hall–Kier alpha value is -3.06. The molecule has 4 rings (SSSR count). The van der Waals surface area contributed by atoms with E-state index in [4.69, 9.17) is 16.0 Å². The second kappa shape index (κ2) is 8.75. The number of rotatable bonds is 5. The summed E-state index contributed by atoms with van der Waals surface area (Å²) in [6.07, 6.45) is 3.19. The highest BCUT2D eigenvalue weighted by Crippen LogP contribution is 2.21. The number of anilines is 1. The molecule has 0 bridgehead atoms. The fourth-order valence-corrected chi connectivity index (χ4v) is 3.89. The molecule has 2 aromatic carbocycles. The van der Waals surface area contributed by atoms with Gasteiger partial charge in [-0.25, -0.2) is 4.79 Å². The molecule has 0 spiro atoms. The molecule has 0 unspecified atom stereocenters. The standard InChI is InChI=1S/C22H22ClN3O4/c23-15-8-9-18-19(14-15)30-22(29)26(18)13-10-20(27)24-17-7-3-2-6-16(17)21(28)25-11-4-1-5-12-25/h2-3,6-9,14H,1,4-5,10-13H2,(H,24,27). The summed E-state index contributed by atoms with van der Waals surface area (Å²) in [5, 5.41) is 3.28. The SMILES string of the molecule is O=C(CCn1c(=O)oc2cc(Cl)ccc21)Nc1ccccc1C(=O)N1CCCCC1. The van der Waals surface area contributed by atoms with Gasteiger partial charge in [0.2, 0.25) is 5.91 Å². The summed E-state index contributed by atoms with van der Waals surface area (Å²) in [4.78, 5) is 39.4. The zero-order valence-electron chi connectivity index (χ0n) is 16.4. The van der Waals surface area contributed by atoms with Crippen LogP contribution >= 0.6 is 11.6 Å². The number of fused-ring (bicyclic) bond motifs is 1. The quantitative estimate of drug-likeness (QED) is 0.669. The molecule has 0 radical (unpaired) electrons. The van der Waals surface area contributed by atoms with Gasteiger partial charge in [-0.1, -0.05) is 23.7 Å². The number of aryl methyl sites for hydroxylation is 1. The number of amides is 2. The lowest BCUT2D eigenvalue weighted by atomic mass is 10.1. The van der Waals surface area contributed by atoms with Gasteiger partial charge in [-0.15, -0.1) is 0 Å². The summed E-state index contributed by atoms with van der Waals surface area (Å²) in [6, 6.07) is 11.9. The average Bonchev–Trinajstić information content (AvgIpc) is 3.06. The van der Waals surface area contributed by atoms with Crippen LogP contribution in [0.4, 0.5) is 5.69 Å². The Kier molecular flexibility index (Phi) is 5.90. The number of likely N-dealkylation sites (tertiary alicyclic amines) is 1. The highest BCUT2D eigenvalue weighted by Gasteiger charge is 2.21. The van der Waals surface area contributed by atoms with Crippen LogP contribution in [-0.4, -0.2) is 34.4 Å². The third-order valence-electron chi connectivity index (χ3n) is 5.27. The van der Waals surface area contributed by atoms with E-state index in [0.29, 0.717) is 27.4 Å². The Morgan fingerprint density at radius 3 is 2.63 bits per heavy atom. The van der Waals surface area contributed by atoms with Gasteiger partial charge in [-0.3, -0.25) is 14.2 Å². The number of carbonyl (C=O) groups is 2. The molecule has 1 N–H and O–H groups in total. The van der Waals surface area contributed by atoms with Crippen LogP contribution in [0, 0.1) is 0 Å². The van der Waals surface area contributed by atoms with Gasteiger partial charge in [0.05, 0.1) is 16.8 Å². The lowest BCUT2D eigenvalue weighted by molar-refractivity contribution is -0.116. The molecule has 2 heterocycles. The number of nitrogens with one attached hydrogen (secondary N) is 1. The maximum absolute atomic E-state index is 12.9. The molecule has 156 valence electrons. The van der Waals surface area contributed by atoms with Gasteiger partial charge in [-0.05, 0) is 43.5 Å². The van der Waals surface area contributed by atoms with E-state index in [0.717, 1.165) is 32.4 Å². The van der Waals surface area contributed by atoms with E-state index in [-0.39, 0.29) is 24.8 Å². The summed E-state index contributed by atoms with van der Waals surface area (Å²) in [5.74, 6) is -0.899. The zero-order valence-corrected chi connectivity index (χ0v) is 17.2. The molecule has 0 saturated carbocycles. The van der Waals surface area contributed by atoms with Gasteiger partial charge in [0.15, 0.2) is 5.58 Å². The molecular formula is C22H22ClN3O4. The average molecular weight is 428 g/mol. The van der Waals surface area contributed by atoms with Crippen molar-refractivity contribution in [2.45, 2.75) is 32.2 Å². The molecule has 8 heteroatoms. The van der Waals surface area contributed by atoms with Crippen LogP contribution in [0.2, 0.25) is 5.02 Å². The summed E-state index contributed by atoms with van der Waals surface area (Å²) < 4.78 is 6.59. The first-order valence-corrected chi connectivity index (χ1v) is 10.4. The van der Waals surface area contributed by atoms with Crippen molar-refractivity contribution in [2.75, 3.05) is 18.4 Å². The van der Waals surface area contributed by atoms with Crippen molar-refractivity contribution >= 4 is 40.2 Å². The van der Waals surface area contributed by atoms with Crippen molar-refractivity contribution in [2.24, 2.45) is 0 Å². The van der Waals surface area contributed by atoms with Crippen LogP contribution in [-0.2, 0) is 11.3 Å². The van der Waals surface area contributed by atoms with Crippen LogP contribution in [0.15, 0.2) is 51.7 Å². The molecule has 3 aromatic rings. The van der Waals surface area contributed by atoms with Gasteiger partial charge in [0.1, 0.15) is 0 Å². The van der Waals surface area contributed by atoms with E-state index in [2.05, 4.69) is 5.32 Å². The normalized spacial score (nSPS) is 14.1. The van der Waals surface area contributed by atoms with E-state index in [1.807, 2.05) is 4.90 Å². The Balaban J connectivity index is 1.46. The van der Waals surface area contributed by atoms with Crippen LogP contribution < -0.4 is 11.1 Å². The summed E-state index contributed by atoms with van der Waals surface area (Å²) in [6.45, 7) is 1.63. The minimum Gasteiger partial charge on any atom is -0.408 e. The molecule has 0 aliphatic carbocycles. The Bertz CT molecular complexity index is 1140. The number of hydrogen-bond donors (Lipinski definition) is 1. The second-order valence-corrected chi connectivity index (χ2v) is 7.76. The molecule has 30 heavy (non-hydrogen) atoms. The smallest absolute Gasteiger partial charge is 0.408 e. The van der Waals surface area contributed by atoms with Gasteiger partial charge >= 0.3 is 5.76 Å². The van der Waals surface area contributed by atoms with Crippen molar-refractivity contribution < 1.29 is 14.0 Å². The monoisotopic (exact) mass is 427 g/mol. The van der Waals surface area contributed by atoms with Gasteiger partial charge in [0.25, 0.3) is 5.91 Å². The van der Waals surface area contributed by atoms with Crippen LogP contribution in [0.1, 0.15) is 36.0 Å². The van der Waals surface area contributed by atoms with Crippen molar-refractivity contribution in [3.63, 3.8) is 0 Å². The maximum Gasteiger partial charge on any atom is 0.419 e. The molecule has 1 saturated heterocycles. The Morgan fingerprint density at radius 2 is 1.83 bits per heavy atom. The van der Waals surface area contributed by atoms with E-state index >= 15 is 0 Å². The first-order valence-electron chi connectivity index (χ1n) is 10.00. The summed E-state index contributed by atoms with van der Waals surface area (Å²) in [7, 11) is 0. The largest absolute Gasteiger partial charge is 0.419 e. The van der Waals surface area contributed by atoms with Crippen molar-refractivity contribution in [1.29, 1.82) is 0 Å². The van der Waals surface area contributed by atoms with E-state index in [1.54, 1.807) is 42.5 Å². The number of halogens is 1. The van der Waals surface area contributed by atoms with E-state index in [9.17, 15) is 14.4 Å². The highest BCUT2D eigenvalue weighted by atomic mass is 35.5. The molecule has 7 nitrogen and oxygen atoms in total. The van der Waals surface area contributed by atoms with Crippen LogP contribution in [0.5, 0.6) is 0 Å². The number of oxazole rings is 1. The lowest BCUT2D eigenvalue weighted by Crippen LogP contribution is -2.36.